The Morgan fingerprint density at radius 1 is 1.00 bits per heavy atom. The second kappa shape index (κ2) is 8.82. The number of carbonyl (C=O) groups excluding carboxylic acids is 2. The molecule has 0 unspecified atom stereocenters. The fourth-order valence-electron chi connectivity index (χ4n) is 3.34. The first-order chi connectivity index (χ1) is 13.0. The zero-order valence-corrected chi connectivity index (χ0v) is 16.1. The molecule has 1 aliphatic heterocycles. The molecule has 0 aromatic heterocycles. The van der Waals surface area contributed by atoms with Gasteiger partial charge in [0, 0.05) is 50.4 Å². The predicted octanol–water partition coefficient (Wildman–Crippen LogP) is 3.30. The van der Waals surface area contributed by atoms with Gasteiger partial charge in [-0.3, -0.25) is 14.5 Å². The van der Waals surface area contributed by atoms with Gasteiger partial charge >= 0.3 is 0 Å². The third kappa shape index (κ3) is 5.17. The number of nitrogens with zero attached hydrogens (tertiary/aromatic N) is 2. The molecule has 142 valence electrons. The number of hydrogen-bond acceptors (Lipinski definition) is 3. The van der Waals surface area contributed by atoms with Crippen molar-refractivity contribution in [1.82, 2.24) is 9.80 Å². The minimum atomic E-state index is -0.0515. The van der Waals surface area contributed by atoms with Crippen LogP contribution in [0, 0.1) is 6.92 Å². The Morgan fingerprint density at radius 2 is 1.74 bits per heavy atom. The molecule has 0 spiro atoms. The maximum absolute atomic E-state index is 12.8. The molecule has 2 aromatic rings. The van der Waals surface area contributed by atoms with Crippen LogP contribution in [-0.4, -0.2) is 47.8 Å². The van der Waals surface area contributed by atoms with Crippen LogP contribution in [0.1, 0.15) is 34.8 Å². The summed E-state index contributed by atoms with van der Waals surface area (Å²) in [6.07, 6.45) is 0.418. The van der Waals surface area contributed by atoms with Crippen LogP contribution in [0.15, 0.2) is 48.5 Å². The van der Waals surface area contributed by atoms with E-state index in [0.29, 0.717) is 17.7 Å². The third-order valence-electron chi connectivity index (χ3n) is 4.86. The Bertz CT molecular complexity index is 811. The summed E-state index contributed by atoms with van der Waals surface area (Å²) in [4.78, 5) is 28.7. The molecule has 1 fully saturated rings. The Balaban J connectivity index is 1.57. The van der Waals surface area contributed by atoms with E-state index in [-0.39, 0.29) is 11.8 Å². The fourth-order valence-corrected chi connectivity index (χ4v) is 3.34. The van der Waals surface area contributed by atoms with E-state index < -0.39 is 0 Å². The van der Waals surface area contributed by atoms with Gasteiger partial charge in [-0.1, -0.05) is 42.8 Å². The van der Waals surface area contributed by atoms with Gasteiger partial charge in [0.15, 0.2) is 0 Å². The summed E-state index contributed by atoms with van der Waals surface area (Å²) < 4.78 is 0. The quantitative estimate of drug-likeness (QED) is 0.884. The molecule has 0 radical (unpaired) electrons. The topological polar surface area (TPSA) is 52.7 Å². The average molecular weight is 365 g/mol. The summed E-state index contributed by atoms with van der Waals surface area (Å²) in [7, 11) is 0. The van der Waals surface area contributed by atoms with Gasteiger partial charge in [0.05, 0.1) is 0 Å². The minimum absolute atomic E-state index is 0.0257. The maximum atomic E-state index is 12.8. The summed E-state index contributed by atoms with van der Waals surface area (Å²) in [6.45, 7) is 8.00. The van der Waals surface area contributed by atoms with Gasteiger partial charge in [-0.2, -0.15) is 0 Å². The number of carbonyl (C=O) groups is 2. The molecule has 27 heavy (non-hydrogen) atoms. The molecule has 2 aromatic carbocycles. The average Bonchev–Trinajstić information content (AvgIpc) is 2.68. The van der Waals surface area contributed by atoms with Gasteiger partial charge in [-0.15, -0.1) is 0 Å². The summed E-state index contributed by atoms with van der Waals surface area (Å²) in [5, 5.41) is 2.81. The molecule has 1 heterocycles. The molecular weight excluding hydrogens is 338 g/mol. The number of anilines is 1. The van der Waals surface area contributed by atoms with Crippen molar-refractivity contribution in [2.75, 3.05) is 31.5 Å². The van der Waals surface area contributed by atoms with E-state index in [0.717, 1.165) is 32.7 Å². The van der Waals surface area contributed by atoms with E-state index in [1.807, 2.05) is 23.1 Å². The number of nitrogens with one attached hydrogen (secondary N) is 1. The SMILES string of the molecule is CCC(=O)Nc1cccc(C(=O)N2CCN(Cc3cccc(C)c3)CC2)c1. The van der Waals surface area contributed by atoms with Crippen molar-refractivity contribution in [3.05, 3.63) is 65.2 Å². The van der Waals surface area contributed by atoms with Gasteiger partial charge in [0.2, 0.25) is 5.91 Å². The lowest BCUT2D eigenvalue weighted by atomic mass is 10.1. The van der Waals surface area contributed by atoms with E-state index in [1.54, 1.807) is 13.0 Å². The number of aryl methyl sites for hydroxylation is 1. The molecule has 0 saturated carbocycles. The predicted molar refractivity (Wildman–Crippen MR) is 108 cm³/mol. The molecule has 1 aliphatic rings. The van der Waals surface area contributed by atoms with Gasteiger partial charge in [-0.05, 0) is 30.7 Å². The second-order valence-electron chi connectivity index (χ2n) is 7.04. The molecular formula is C22H27N3O2. The zero-order valence-electron chi connectivity index (χ0n) is 16.1. The van der Waals surface area contributed by atoms with E-state index in [1.165, 1.54) is 11.1 Å². The van der Waals surface area contributed by atoms with E-state index in [9.17, 15) is 9.59 Å². The summed E-state index contributed by atoms with van der Waals surface area (Å²) in [5.74, 6) is -0.0258. The summed E-state index contributed by atoms with van der Waals surface area (Å²) in [6, 6.07) is 15.8. The first-order valence-corrected chi connectivity index (χ1v) is 9.52. The van der Waals surface area contributed by atoms with Crippen LogP contribution in [0.5, 0.6) is 0 Å². The highest BCUT2D eigenvalue weighted by Crippen LogP contribution is 2.16. The van der Waals surface area contributed by atoms with Crippen molar-refractivity contribution >= 4 is 17.5 Å². The molecule has 1 saturated heterocycles. The smallest absolute Gasteiger partial charge is 0.254 e. The van der Waals surface area contributed by atoms with Crippen LogP contribution in [0.4, 0.5) is 5.69 Å². The molecule has 5 nitrogen and oxygen atoms in total. The highest BCUT2D eigenvalue weighted by molar-refractivity contribution is 5.97. The van der Waals surface area contributed by atoms with Crippen molar-refractivity contribution in [3.63, 3.8) is 0 Å². The largest absolute Gasteiger partial charge is 0.336 e. The number of hydrogen-bond donors (Lipinski definition) is 1. The van der Waals surface area contributed by atoms with Crippen LogP contribution >= 0.6 is 0 Å². The van der Waals surface area contributed by atoms with Crippen molar-refractivity contribution < 1.29 is 9.59 Å². The first-order valence-electron chi connectivity index (χ1n) is 9.52. The highest BCUT2D eigenvalue weighted by Gasteiger charge is 2.22. The minimum Gasteiger partial charge on any atom is -0.336 e. The number of rotatable bonds is 5. The molecule has 2 amide bonds. The zero-order chi connectivity index (χ0) is 19.2. The molecule has 1 N–H and O–H groups in total. The molecule has 0 aliphatic carbocycles. The fraction of sp³-hybridized carbons (Fsp3) is 0.364. The molecule has 0 bridgehead atoms. The normalized spacial score (nSPS) is 14.8. The van der Waals surface area contributed by atoms with E-state index in [2.05, 4.69) is 41.4 Å². The van der Waals surface area contributed by atoms with Crippen LogP contribution < -0.4 is 5.32 Å². The van der Waals surface area contributed by atoms with E-state index in [4.69, 9.17) is 0 Å². The second-order valence-corrected chi connectivity index (χ2v) is 7.04. The Labute approximate surface area is 161 Å². The van der Waals surface area contributed by atoms with Gasteiger partial charge in [0.25, 0.3) is 5.91 Å². The summed E-state index contributed by atoms with van der Waals surface area (Å²) >= 11 is 0. The Morgan fingerprint density at radius 3 is 2.44 bits per heavy atom. The first kappa shape index (κ1) is 19.1. The van der Waals surface area contributed by atoms with E-state index >= 15 is 0 Å². The standard InChI is InChI=1S/C22H27N3O2/c1-3-21(26)23-20-9-5-8-19(15-20)22(27)25-12-10-24(11-13-25)16-18-7-4-6-17(2)14-18/h4-9,14-15H,3,10-13,16H2,1-2H3,(H,23,26). The third-order valence-corrected chi connectivity index (χ3v) is 4.86. The lowest BCUT2D eigenvalue weighted by Crippen LogP contribution is -2.48. The van der Waals surface area contributed by atoms with Crippen molar-refractivity contribution in [1.29, 1.82) is 0 Å². The van der Waals surface area contributed by atoms with Crippen LogP contribution in [0.3, 0.4) is 0 Å². The number of amides is 2. The molecule has 5 heteroatoms. The molecule has 3 rings (SSSR count). The monoisotopic (exact) mass is 365 g/mol. The number of benzene rings is 2. The van der Waals surface area contributed by atoms with Crippen LogP contribution in [0.25, 0.3) is 0 Å². The van der Waals surface area contributed by atoms with Gasteiger partial charge < -0.3 is 10.2 Å². The number of piperazine rings is 1. The Hall–Kier alpha value is -2.66. The maximum Gasteiger partial charge on any atom is 0.254 e. The Kier molecular flexibility index (Phi) is 6.24. The summed E-state index contributed by atoms with van der Waals surface area (Å²) in [5.41, 5.74) is 3.88. The van der Waals surface area contributed by atoms with Crippen molar-refractivity contribution in [3.8, 4) is 0 Å². The van der Waals surface area contributed by atoms with Gasteiger partial charge in [0.1, 0.15) is 0 Å². The van der Waals surface area contributed by atoms with Crippen molar-refractivity contribution in [2.45, 2.75) is 26.8 Å². The highest BCUT2D eigenvalue weighted by atomic mass is 16.2. The lowest BCUT2D eigenvalue weighted by Gasteiger charge is -2.35. The van der Waals surface area contributed by atoms with Crippen molar-refractivity contribution in [2.24, 2.45) is 0 Å². The van der Waals surface area contributed by atoms with Crippen LogP contribution in [0.2, 0.25) is 0 Å². The molecule has 0 atom stereocenters. The lowest BCUT2D eigenvalue weighted by molar-refractivity contribution is -0.115. The van der Waals surface area contributed by atoms with Gasteiger partial charge in [-0.25, -0.2) is 0 Å². The van der Waals surface area contributed by atoms with Crippen LogP contribution in [-0.2, 0) is 11.3 Å².